The Bertz CT molecular complexity index is 561. The van der Waals surface area contributed by atoms with Crippen LogP contribution in [0.15, 0.2) is 28.5 Å². The molecule has 1 heterocycles. The van der Waals surface area contributed by atoms with E-state index >= 15 is 0 Å². The summed E-state index contributed by atoms with van der Waals surface area (Å²) in [5.74, 6) is -1.26. The van der Waals surface area contributed by atoms with Crippen LogP contribution in [0, 0.1) is 0 Å². The number of sulfonamides is 1. The van der Waals surface area contributed by atoms with Crippen molar-refractivity contribution in [1.82, 2.24) is 4.72 Å². The van der Waals surface area contributed by atoms with Gasteiger partial charge in [0.05, 0.1) is 13.2 Å². The molecule has 0 aliphatic carbocycles. The first-order valence-corrected chi connectivity index (χ1v) is 7.73. The Morgan fingerprint density at radius 3 is 2.84 bits per heavy atom. The van der Waals surface area contributed by atoms with Gasteiger partial charge in [-0.3, -0.25) is 0 Å². The van der Waals surface area contributed by atoms with Crippen molar-refractivity contribution in [3.8, 4) is 0 Å². The van der Waals surface area contributed by atoms with Crippen molar-refractivity contribution in [2.75, 3.05) is 19.8 Å². The van der Waals surface area contributed by atoms with Gasteiger partial charge in [-0.25, -0.2) is 17.9 Å². The molecule has 0 spiro atoms. The van der Waals surface area contributed by atoms with Crippen LogP contribution in [0.1, 0.15) is 16.6 Å². The van der Waals surface area contributed by atoms with Gasteiger partial charge in [0.25, 0.3) is 0 Å². The zero-order chi connectivity index (χ0) is 14.5. The van der Waals surface area contributed by atoms with Crippen LogP contribution in [0.5, 0.6) is 0 Å². The van der Waals surface area contributed by atoms with Crippen LogP contribution in [0.4, 0.5) is 0 Å². The zero-order valence-electron chi connectivity index (χ0n) is 10.4. The molecule has 0 atom stereocenters. The van der Waals surface area contributed by atoms with E-state index in [1.165, 1.54) is 11.4 Å². The maximum absolute atomic E-state index is 11.9. The third-order valence-electron chi connectivity index (χ3n) is 2.00. The van der Waals surface area contributed by atoms with Crippen LogP contribution in [0.3, 0.4) is 0 Å². The molecule has 6 nitrogen and oxygen atoms in total. The lowest BCUT2D eigenvalue weighted by molar-refractivity contribution is 0.0698. The molecule has 0 aliphatic rings. The smallest absolute Gasteiger partial charge is 0.347 e. The molecule has 106 valence electrons. The lowest BCUT2D eigenvalue weighted by atomic mass is 10.4. The molecule has 1 rings (SSSR count). The molecule has 0 saturated carbocycles. The first kappa shape index (κ1) is 15.8. The Morgan fingerprint density at radius 1 is 1.58 bits per heavy atom. The molecule has 0 radical (unpaired) electrons. The van der Waals surface area contributed by atoms with Crippen LogP contribution in [0.25, 0.3) is 0 Å². The summed E-state index contributed by atoms with van der Waals surface area (Å²) < 4.78 is 31.2. The second kappa shape index (κ2) is 6.80. The fourth-order valence-electron chi connectivity index (χ4n) is 1.24. The SMILES string of the molecule is C=C(C)COCCNS(=O)(=O)c1ccsc1C(=O)O. The van der Waals surface area contributed by atoms with Crippen LogP contribution < -0.4 is 4.72 Å². The third-order valence-corrected chi connectivity index (χ3v) is 4.53. The highest BCUT2D eigenvalue weighted by Gasteiger charge is 2.23. The number of hydrogen-bond donors (Lipinski definition) is 2. The van der Waals surface area contributed by atoms with Gasteiger partial charge in [0.2, 0.25) is 10.0 Å². The standard InChI is InChI=1S/C11H15NO5S2/c1-8(2)7-17-5-4-12-19(15,16)9-3-6-18-10(9)11(13)14/h3,6,12H,1,4-5,7H2,2H3,(H,13,14). The van der Waals surface area contributed by atoms with Crippen molar-refractivity contribution >= 4 is 27.3 Å². The molecule has 19 heavy (non-hydrogen) atoms. The molecule has 2 N–H and O–H groups in total. The Balaban J connectivity index is 2.59. The fraction of sp³-hybridized carbons (Fsp3) is 0.364. The molecule has 1 aromatic rings. The number of hydrogen-bond acceptors (Lipinski definition) is 5. The summed E-state index contributed by atoms with van der Waals surface area (Å²) in [7, 11) is -3.82. The van der Waals surface area contributed by atoms with Crippen LogP contribution in [-0.4, -0.2) is 39.3 Å². The summed E-state index contributed by atoms with van der Waals surface area (Å²) >= 11 is 0.871. The molecule has 0 fully saturated rings. The van der Waals surface area contributed by atoms with Gasteiger partial charge in [-0.1, -0.05) is 12.2 Å². The van der Waals surface area contributed by atoms with Gasteiger partial charge < -0.3 is 9.84 Å². The monoisotopic (exact) mass is 305 g/mol. The molecule has 0 unspecified atom stereocenters. The lowest BCUT2D eigenvalue weighted by Crippen LogP contribution is -2.28. The Hall–Kier alpha value is -1.22. The highest BCUT2D eigenvalue weighted by atomic mass is 32.2. The number of nitrogens with one attached hydrogen (secondary N) is 1. The molecule has 0 bridgehead atoms. The zero-order valence-corrected chi connectivity index (χ0v) is 12.0. The van der Waals surface area contributed by atoms with Gasteiger partial charge in [-0.05, 0) is 18.4 Å². The molecule has 1 aromatic heterocycles. The van der Waals surface area contributed by atoms with E-state index in [4.69, 9.17) is 9.84 Å². The highest BCUT2D eigenvalue weighted by molar-refractivity contribution is 7.89. The molecule has 0 aromatic carbocycles. The number of carboxylic acid groups (broad SMARTS) is 1. The molecule has 8 heteroatoms. The predicted octanol–water partition coefficient (Wildman–Crippen LogP) is 1.32. The lowest BCUT2D eigenvalue weighted by Gasteiger charge is -2.07. The number of rotatable bonds is 8. The number of carbonyl (C=O) groups is 1. The number of carboxylic acids is 1. The largest absolute Gasteiger partial charge is 0.477 e. The molecule has 0 amide bonds. The summed E-state index contributed by atoms with van der Waals surface area (Å²) in [6, 6.07) is 1.27. The minimum Gasteiger partial charge on any atom is -0.477 e. The Kier molecular flexibility index (Phi) is 5.67. The first-order valence-electron chi connectivity index (χ1n) is 5.37. The summed E-state index contributed by atoms with van der Waals surface area (Å²) in [5.41, 5.74) is 0.842. The number of aromatic carboxylic acids is 1. The second-order valence-electron chi connectivity index (χ2n) is 3.83. The van der Waals surface area contributed by atoms with Gasteiger partial charge in [-0.2, -0.15) is 0 Å². The van der Waals surface area contributed by atoms with E-state index in [-0.39, 0.29) is 22.9 Å². The molecular weight excluding hydrogens is 290 g/mol. The predicted molar refractivity (Wildman–Crippen MR) is 72.1 cm³/mol. The Morgan fingerprint density at radius 2 is 2.26 bits per heavy atom. The summed E-state index contributed by atoms with van der Waals surface area (Å²) in [5, 5.41) is 10.3. The van der Waals surface area contributed by atoms with E-state index in [1.54, 1.807) is 6.92 Å². The third kappa shape index (κ3) is 4.75. The summed E-state index contributed by atoms with van der Waals surface area (Å²) in [4.78, 5) is 10.4. The maximum atomic E-state index is 11.9. The quantitative estimate of drug-likeness (QED) is 0.558. The highest BCUT2D eigenvalue weighted by Crippen LogP contribution is 2.21. The van der Waals surface area contributed by atoms with Crippen molar-refractivity contribution in [2.45, 2.75) is 11.8 Å². The molecule has 0 aliphatic heterocycles. The van der Waals surface area contributed by atoms with Crippen molar-refractivity contribution in [3.63, 3.8) is 0 Å². The van der Waals surface area contributed by atoms with Crippen molar-refractivity contribution < 1.29 is 23.1 Å². The van der Waals surface area contributed by atoms with Gasteiger partial charge in [-0.15, -0.1) is 11.3 Å². The maximum Gasteiger partial charge on any atom is 0.347 e. The van der Waals surface area contributed by atoms with Crippen LogP contribution in [0.2, 0.25) is 0 Å². The van der Waals surface area contributed by atoms with E-state index in [0.717, 1.165) is 16.9 Å². The number of thiophene rings is 1. The van der Waals surface area contributed by atoms with Gasteiger partial charge in [0.15, 0.2) is 0 Å². The van der Waals surface area contributed by atoms with Gasteiger partial charge in [0, 0.05) is 6.54 Å². The average Bonchev–Trinajstić information content (AvgIpc) is 2.77. The van der Waals surface area contributed by atoms with Gasteiger partial charge in [0.1, 0.15) is 9.77 Å². The van der Waals surface area contributed by atoms with E-state index < -0.39 is 16.0 Å². The molecular formula is C11H15NO5S2. The summed E-state index contributed by atoms with van der Waals surface area (Å²) in [6.07, 6.45) is 0. The van der Waals surface area contributed by atoms with E-state index in [1.807, 2.05) is 0 Å². The Labute approximate surface area is 115 Å². The first-order chi connectivity index (χ1) is 8.84. The van der Waals surface area contributed by atoms with Crippen LogP contribution in [-0.2, 0) is 14.8 Å². The van der Waals surface area contributed by atoms with E-state index in [2.05, 4.69) is 11.3 Å². The van der Waals surface area contributed by atoms with E-state index in [9.17, 15) is 13.2 Å². The van der Waals surface area contributed by atoms with Crippen molar-refractivity contribution in [1.29, 1.82) is 0 Å². The van der Waals surface area contributed by atoms with Gasteiger partial charge >= 0.3 is 5.97 Å². The van der Waals surface area contributed by atoms with Crippen molar-refractivity contribution in [2.24, 2.45) is 0 Å². The van der Waals surface area contributed by atoms with Crippen molar-refractivity contribution in [3.05, 3.63) is 28.5 Å². The van der Waals surface area contributed by atoms with Crippen LogP contribution >= 0.6 is 11.3 Å². The summed E-state index contributed by atoms with van der Waals surface area (Å²) in [6.45, 7) is 6.07. The topological polar surface area (TPSA) is 92.7 Å². The normalized spacial score (nSPS) is 11.4. The molecule has 0 saturated heterocycles. The van der Waals surface area contributed by atoms with E-state index in [0.29, 0.717) is 6.61 Å². The minimum atomic E-state index is -3.82. The average molecular weight is 305 g/mol. The fourth-order valence-corrected chi connectivity index (χ4v) is 3.51. The second-order valence-corrected chi connectivity index (χ2v) is 6.48. The minimum absolute atomic E-state index is 0.0739. The number of ether oxygens (including phenoxy) is 1.